The Labute approximate surface area is 139 Å². The molecule has 1 N–H and O–H groups in total. The molecule has 0 unspecified atom stereocenters. The summed E-state index contributed by atoms with van der Waals surface area (Å²) in [5, 5.41) is 2.87. The largest absolute Gasteiger partial charge is 0.326 e. The number of rotatable bonds is 3. The predicted octanol–water partition coefficient (Wildman–Crippen LogP) is 3.23. The molecule has 4 rings (SSSR count). The Hall–Kier alpha value is -2.95. The van der Waals surface area contributed by atoms with E-state index >= 15 is 0 Å². The van der Waals surface area contributed by atoms with Gasteiger partial charge in [0.25, 0.3) is 11.8 Å². The van der Waals surface area contributed by atoms with Crippen LogP contribution in [0.15, 0.2) is 48.5 Å². The normalized spacial score (nSPS) is 16.8. The van der Waals surface area contributed by atoms with E-state index in [0.717, 1.165) is 24.2 Å². The van der Waals surface area contributed by atoms with Crippen molar-refractivity contribution in [2.24, 2.45) is 5.92 Å². The summed E-state index contributed by atoms with van der Waals surface area (Å²) in [7, 11) is 0. The van der Waals surface area contributed by atoms with Gasteiger partial charge in [0.1, 0.15) is 0 Å². The molecule has 0 spiro atoms. The molecular weight excluding hydrogens is 304 g/mol. The third-order valence-corrected chi connectivity index (χ3v) is 4.64. The van der Waals surface area contributed by atoms with Crippen molar-refractivity contribution in [3.63, 3.8) is 0 Å². The third kappa shape index (κ3) is 2.29. The fraction of sp³-hybridized carbons (Fsp3) is 0.211. The van der Waals surface area contributed by atoms with Gasteiger partial charge in [-0.1, -0.05) is 24.6 Å². The molecule has 1 fully saturated rings. The van der Waals surface area contributed by atoms with Crippen LogP contribution in [0.25, 0.3) is 0 Å². The minimum atomic E-state index is -0.335. The van der Waals surface area contributed by atoms with Crippen LogP contribution >= 0.6 is 0 Å². The van der Waals surface area contributed by atoms with E-state index in [-0.39, 0.29) is 23.6 Å². The SMILES string of the molecule is O=C(Nc1cccc(N2C(=O)c3ccccc3C2=O)c1)C1CCC1. The van der Waals surface area contributed by atoms with Crippen LogP contribution in [0.2, 0.25) is 0 Å². The Bertz CT molecular complexity index is 820. The van der Waals surface area contributed by atoms with E-state index in [4.69, 9.17) is 0 Å². The highest BCUT2D eigenvalue weighted by molar-refractivity contribution is 6.34. The second kappa shape index (κ2) is 5.60. The lowest BCUT2D eigenvalue weighted by molar-refractivity contribution is -0.122. The van der Waals surface area contributed by atoms with Gasteiger partial charge >= 0.3 is 0 Å². The number of benzene rings is 2. The van der Waals surface area contributed by atoms with E-state index in [0.29, 0.717) is 22.5 Å². The second-order valence-electron chi connectivity index (χ2n) is 6.16. The van der Waals surface area contributed by atoms with Crippen LogP contribution in [-0.4, -0.2) is 17.7 Å². The number of imide groups is 1. The van der Waals surface area contributed by atoms with Gasteiger partial charge < -0.3 is 5.32 Å². The van der Waals surface area contributed by atoms with Crippen LogP contribution < -0.4 is 10.2 Å². The van der Waals surface area contributed by atoms with E-state index in [2.05, 4.69) is 5.32 Å². The number of nitrogens with one attached hydrogen (secondary N) is 1. The summed E-state index contributed by atoms with van der Waals surface area (Å²) in [6.07, 6.45) is 2.93. The average Bonchev–Trinajstić information content (AvgIpc) is 2.78. The Morgan fingerprint density at radius 2 is 1.62 bits per heavy atom. The second-order valence-corrected chi connectivity index (χ2v) is 6.16. The summed E-state index contributed by atoms with van der Waals surface area (Å²) in [6, 6.07) is 13.6. The summed E-state index contributed by atoms with van der Waals surface area (Å²) in [5.74, 6) is -0.593. The maximum atomic E-state index is 12.5. The fourth-order valence-corrected chi connectivity index (χ4v) is 3.06. The van der Waals surface area contributed by atoms with Crippen LogP contribution in [0.4, 0.5) is 11.4 Å². The van der Waals surface area contributed by atoms with Gasteiger partial charge in [-0.05, 0) is 43.2 Å². The van der Waals surface area contributed by atoms with Gasteiger partial charge in [0.05, 0.1) is 16.8 Å². The maximum Gasteiger partial charge on any atom is 0.266 e. The number of fused-ring (bicyclic) bond motifs is 1. The summed E-state index contributed by atoms with van der Waals surface area (Å²) in [5.41, 5.74) is 1.88. The first-order valence-electron chi connectivity index (χ1n) is 8.04. The van der Waals surface area contributed by atoms with Crippen molar-refractivity contribution < 1.29 is 14.4 Å². The number of hydrogen-bond donors (Lipinski definition) is 1. The monoisotopic (exact) mass is 320 g/mol. The molecule has 1 aliphatic carbocycles. The molecule has 0 saturated heterocycles. The van der Waals surface area contributed by atoms with E-state index in [1.165, 1.54) is 0 Å². The van der Waals surface area contributed by atoms with E-state index in [9.17, 15) is 14.4 Å². The maximum absolute atomic E-state index is 12.5. The van der Waals surface area contributed by atoms with Crippen LogP contribution in [0.1, 0.15) is 40.0 Å². The zero-order valence-electron chi connectivity index (χ0n) is 13.0. The average molecular weight is 320 g/mol. The lowest BCUT2D eigenvalue weighted by atomic mass is 9.85. The number of nitrogens with zero attached hydrogens (tertiary/aromatic N) is 1. The van der Waals surface area contributed by atoms with Gasteiger partial charge in [-0.3, -0.25) is 14.4 Å². The van der Waals surface area contributed by atoms with Crippen LogP contribution in [-0.2, 0) is 4.79 Å². The number of carbonyl (C=O) groups is 3. The molecule has 24 heavy (non-hydrogen) atoms. The number of carbonyl (C=O) groups excluding carboxylic acids is 3. The predicted molar refractivity (Wildman–Crippen MR) is 90.0 cm³/mol. The zero-order valence-corrected chi connectivity index (χ0v) is 13.0. The quantitative estimate of drug-likeness (QED) is 0.883. The molecule has 1 aliphatic heterocycles. The highest BCUT2D eigenvalue weighted by atomic mass is 16.2. The van der Waals surface area contributed by atoms with Gasteiger partial charge in [0.2, 0.25) is 5.91 Å². The standard InChI is InChI=1S/C19H16N2O3/c22-17(12-5-3-6-12)20-13-7-4-8-14(11-13)21-18(23)15-9-1-2-10-16(15)19(21)24/h1-2,4,7-12H,3,5-6H2,(H,20,22). The Morgan fingerprint density at radius 3 is 2.21 bits per heavy atom. The van der Waals surface area contributed by atoms with Crippen LogP contribution in [0.3, 0.4) is 0 Å². The molecule has 2 aromatic rings. The van der Waals surface area contributed by atoms with Gasteiger partial charge in [-0.15, -0.1) is 0 Å². The van der Waals surface area contributed by atoms with E-state index < -0.39 is 0 Å². The van der Waals surface area contributed by atoms with Crippen molar-refractivity contribution in [1.29, 1.82) is 0 Å². The van der Waals surface area contributed by atoms with Crippen molar-refractivity contribution in [3.8, 4) is 0 Å². The molecule has 0 aromatic heterocycles. The zero-order chi connectivity index (χ0) is 16.7. The molecule has 2 aromatic carbocycles. The fourth-order valence-electron chi connectivity index (χ4n) is 3.06. The molecule has 1 heterocycles. The first-order chi connectivity index (χ1) is 11.6. The van der Waals surface area contributed by atoms with E-state index in [1.807, 2.05) is 0 Å². The van der Waals surface area contributed by atoms with Crippen molar-refractivity contribution >= 4 is 29.1 Å². The molecule has 5 nitrogen and oxygen atoms in total. The molecule has 120 valence electrons. The van der Waals surface area contributed by atoms with Crippen molar-refractivity contribution in [2.45, 2.75) is 19.3 Å². The minimum Gasteiger partial charge on any atom is -0.326 e. The van der Waals surface area contributed by atoms with Crippen LogP contribution in [0, 0.1) is 5.92 Å². The highest BCUT2D eigenvalue weighted by Crippen LogP contribution is 2.31. The van der Waals surface area contributed by atoms with Crippen molar-refractivity contribution in [2.75, 3.05) is 10.2 Å². The summed E-state index contributed by atoms with van der Waals surface area (Å²) in [4.78, 5) is 38.3. The lowest BCUT2D eigenvalue weighted by Gasteiger charge is -2.24. The Kier molecular flexibility index (Phi) is 3.41. The first-order valence-corrected chi connectivity index (χ1v) is 8.04. The molecule has 0 radical (unpaired) electrons. The van der Waals surface area contributed by atoms with Gasteiger partial charge in [0, 0.05) is 11.6 Å². The minimum absolute atomic E-state index is 0.000705. The molecule has 2 aliphatic rings. The van der Waals surface area contributed by atoms with Crippen molar-refractivity contribution in [1.82, 2.24) is 0 Å². The van der Waals surface area contributed by atoms with Gasteiger partial charge in [-0.25, -0.2) is 4.90 Å². The first kappa shape index (κ1) is 14.6. The Balaban J connectivity index is 1.61. The Morgan fingerprint density at radius 1 is 0.958 bits per heavy atom. The summed E-state index contributed by atoms with van der Waals surface area (Å²) in [6.45, 7) is 0. The van der Waals surface area contributed by atoms with Crippen LogP contribution in [0.5, 0.6) is 0 Å². The smallest absolute Gasteiger partial charge is 0.266 e. The lowest BCUT2D eigenvalue weighted by Crippen LogP contribution is -2.30. The molecular formula is C19H16N2O3. The van der Waals surface area contributed by atoms with Crippen molar-refractivity contribution in [3.05, 3.63) is 59.7 Å². The highest BCUT2D eigenvalue weighted by Gasteiger charge is 2.36. The topological polar surface area (TPSA) is 66.5 Å². The number of anilines is 2. The molecule has 1 saturated carbocycles. The third-order valence-electron chi connectivity index (χ3n) is 4.64. The number of amides is 3. The van der Waals surface area contributed by atoms with Gasteiger partial charge in [0.15, 0.2) is 0 Å². The van der Waals surface area contributed by atoms with Gasteiger partial charge in [-0.2, -0.15) is 0 Å². The molecule has 3 amide bonds. The summed E-state index contributed by atoms with van der Waals surface area (Å²) >= 11 is 0. The molecule has 0 bridgehead atoms. The molecule has 5 heteroatoms. The molecule has 0 atom stereocenters. The van der Waals surface area contributed by atoms with E-state index in [1.54, 1.807) is 48.5 Å². The number of hydrogen-bond acceptors (Lipinski definition) is 3. The summed E-state index contributed by atoms with van der Waals surface area (Å²) < 4.78 is 0.